The highest BCUT2D eigenvalue weighted by molar-refractivity contribution is 9.10. The Kier molecular flexibility index (Phi) is 4.43. The molecule has 0 amide bonds. The minimum absolute atomic E-state index is 0.145. The number of hydrogen-bond acceptors (Lipinski definition) is 4. The van der Waals surface area contributed by atoms with Crippen LogP contribution in [0.15, 0.2) is 65.4 Å². The zero-order valence-electron chi connectivity index (χ0n) is 11.7. The van der Waals surface area contributed by atoms with E-state index in [1.165, 1.54) is 24.5 Å². The molecule has 0 spiro atoms. The minimum atomic E-state index is -0.717. The third-order valence-corrected chi connectivity index (χ3v) is 3.51. The summed E-state index contributed by atoms with van der Waals surface area (Å²) in [6.07, 6.45) is 2.71. The standard InChI is InChI=1S/C17H10BrFN2O2/c18-13-6-7-15(14(19)8-13)23-17(22)12-9-20-16(21-10-12)11-4-2-1-3-5-11/h1-10H. The summed E-state index contributed by atoms with van der Waals surface area (Å²) < 4.78 is 19.3. The Morgan fingerprint density at radius 3 is 2.39 bits per heavy atom. The molecule has 0 aliphatic rings. The van der Waals surface area contributed by atoms with Crippen molar-refractivity contribution in [2.24, 2.45) is 0 Å². The Hall–Kier alpha value is -2.60. The first-order chi connectivity index (χ1) is 11.1. The molecule has 3 rings (SSSR count). The predicted octanol–water partition coefficient (Wildman–Crippen LogP) is 4.26. The fraction of sp³-hybridized carbons (Fsp3) is 0. The van der Waals surface area contributed by atoms with Gasteiger partial charge in [-0.1, -0.05) is 46.3 Å². The number of carbonyl (C=O) groups is 1. The molecule has 23 heavy (non-hydrogen) atoms. The van der Waals surface area contributed by atoms with Crippen LogP contribution in [0.5, 0.6) is 5.75 Å². The smallest absolute Gasteiger partial charge is 0.346 e. The Morgan fingerprint density at radius 1 is 1.04 bits per heavy atom. The SMILES string of the molecule is O=C(Oc1ccc(Br)cc1F)c1cnc(-c2ccccc2)nc1. The van der Waals surface area contributed by atoms with Crippen LogP contribution in [0.3, 0.4) is 0 Å². The van der Waals surface area contributed by atoms with Crippen molar-refractivity contribution in [3.63, 3.8) is 0 Å². The molecular weight excluding hydrogens is 363 g/mol. The Bertz CT molecular complexity index is 839. The van der Waals surface area contributed by atoms with Gasteiger partial charge in [0.1, 0.15) is 0 Å². The second-order valence-electron chi connectivity index (χ2n) is 4.63. The lowest BCUT2D eigenvalue weighted by Crippen LogP contribution is -2.10. The summed E-state index contributed by atoms with van der Waals surface area (Å²) in [5.41, 5.74) is 0.985. The summed E-state index contributed by atoms with van der Waals surface area (Å²) in [6, 6.07) is 13.5. The molecule has 6 heteroatoms. The molecule has 0 N–H and O–H groups in total. The number of hydrogen-bond donors (Lipinski definition) is 0. The van der Waals surface area contributed by atoms with Crippen molar-refractivity contribution in [1.29, 1.82) is 0 Å². The monoisotopic (exact) mass is 372 g/mol. The normalized spacial score (nSPS) is 10.3. The van der Waals surface area contributed by atoms with Gasteiger partial charge < -0.3 is 4.74 Å². The largest absolute Gasteiger partial charge is 0.420 e. The summed E-state index contributed by atoms with van der Waals surface area (Å²) in [7, 11) is 0. The van der Waals surface area contributed by atoms with Gasteiger partial charge in [-0.3, -0.25) is 0 Å². The van der Waals surface area contributed by atoms with E-state index in [0.29, 0.717) is 10.3 Å². The van der Waals surface area contributed by atoms with Crippen molar-refractivity contribution in [3.05, 3.63) is 76.8 Å². The first kappa shape index (κ1) is 15.3. The summed E-state index contributed by atoms with van der Waals surface area (Å²) >= 11 is 3.14. The van der Waals surface area contributed by atoms with Crippen LogP contribution < -0.4 is 4.74 Å². The summed E-state index contributed by atoms with van der Waals surface area (Å²) in [6.45, 7) is 0. The molecule has 0 radical (unpaired) electrons. The van der Waals surface area contributed by atoms with Crippen LogP contribution in [0.2, 0.25) is 0 Å². The molecule has 0 atom stereocenters. The van der Waals surface area contributed by atoms with Gasteiger partial charge in [-0.25, -0.2) is 19.2 Å². The lowest BCUT2D eigenvalue weighted by atomic mass is 10.2. The van der Waals surface area contributed by atoms with E-state index >= 15 is 0 Å². The third kappa shape index (κ3) is 3.60. The molecule has 1 aromatic heterocycles. The van der Waals surface area contributed by atoms with Crippen LogP contribution in [0.25, 0.3) is 11.4 Å². The average Bonchev–Trinajstić information content (AvgIpc) is 2.58. The van der Waals surface area contributed by atoms with Gasteiger partial charge in [-0.15, -0.1) is 0 Å². The third-order valence-electron chi connectivity index (χ3n) is 3.02. The highest BCUT2D eigenvalue weighted by Gasteiger charge is 2.13. The van der Waals surface area contributed by atoms with Crippen LogP contribution in [0.1, 0.15) is 10.4 Å². The molecule has 3 aromatic rings. The Labute approximate surface area is 140 Å². The van der Waals surface area contributed by atoms with Crippen LogP contribution in [0, 0.1) is 5.82 Å². The number of aromatic nitrogens is 2. The molecule has 0 saturated heterocycles. The van der Waals surface area contributed by atoms with Crippen molar-refractivity contribution in [2.75, 3.05) is 0 Å². The summed E-state index contributed by atoms with van der Waals surface area (Å²) in [4.78, 5) is 20.3. The van der Waals surface area contributed by atoms with E-state index in [0.717, 1.165) is 5.56 Å². The van der Waals surface area contributed by atoms with Crippen LogP contribution in [-0.4, -0.2) is 15.9 Å². The van der Waals surface area contributed by atoms with Gasteiger partial charge in [0.2, 0.25) is 0 Å². The molecule has 2 aromatic carbocycles. The number of halogens is 2. The van der Waals surface area contributed by atoms with E-state index in [-0.39, 0.29) is 11.3 Å². The first-order valence-electron chi connectivity index (χ1n) is 6.68. The zero-order valence-corrected chi connectivity index (χ0v) is 13.3. The van der Waals surface area contributed by atoms with E-state index in [9.17, 15) is 9.18 Å². The maximum atomic E-state index is 13.7. The van der Waals surface area contributed by atoms with E-state index in [1.807, 2.05) is 30.3 Å². The second-order valence-corrected chi connectivity index (χ2v) is 5.54. The summed E-state index contributed by atoms with van der Waals surface area (Å²) in [5.74, 6) is -0.998. The highest BCUT2D eigenvalue weighted by atomic mass is 79.9. The number of nitrogens with zero attached hydrogens (tertiary/aromatic N) is 2. The van der Waals surface area contributed by atoms with Crippen molar-refractivity contribution < 1.29 is 13.9 Å². The number of rotatable bonds is 3. The van der Waals surface area contributed by atoms with Gasteiger partial charge in [0.05, 0.1) is 5.56 Å². The van der Waals surface area contributed by atoms with Gasteiger partial charge in [0.25, 0.3) is 0 Å². The molecular formula is C17H10BrFN2O2. The van der Waals surface area contributed by atoms with Gasteiger partial charge in [0.15, 0.2) is 17.4 Å². The maximum absolute atomic E-state index is 13.7. The number of esters is 1. The Balaban J connectivity index is 1.78. The lowest BCUT2D eigenvalue weighted by molar-refractivity contribution is 0.0727. The molecule has 0 unspecified atom stereocenters. The van der Waals surface area contributed by atoms with Crippen molar-refractivity contribution in [1.82, 2.24) is 9.97 Å². The molecule has 0 aliphatic heterocycles. The minimum Gasteiger partial charge on any atom is -0.420 e. The maximum Gasteiger partial charge on any atom is 0.346 e. The molecule has 114 valence electrons. The molecule has 0 saturated carbocycles. The fourth-order valence-electron chi connectivity index (χ4n) is 1.89. The molecule has 1 heterocycles. The van der Waals surface area contributed by atoms with E-state index in [1.54, 1.807) is 6.07 Å². The second kappa shape index (κ2) is 6.66. The fourth-order valence-corrected chi connectivity index (χ4v) is 2.22. The van der Waals surface area contributed by atoms with E-state index in [4.69, 9.17) is 4.74 Å². The first-order valence-corrected chi connectivity index (χ1v) is 7.47. The molecule has 0 aliphatic carbocycles. The van der Waals surface area contributed by atoms with Crippen molar-refractivity contribution in [3.8, 4) is 17.1 Å². The van der Waals surface area contributed by atoms with Crippen molar-refractivity contribution in [2.45, 2.75) is 0 Å². The number of carbonyl (C=O) groups excluding carboxylic acids is 1. The summed E-state index contributed by atoms with van der Waals surface area (Å²) in [5, 5.41) is 0. The Morgan fingerprint density at radius 2 is 1.74 bits per heavy atom. The van der Waals surface area contributed by atoms with Gasteiger partial charge >= 0.3 is 5.97 Å². The van der Waals surface area contributed by atoms with Gasteiger partial charge in [-0.2, -0.15) is 0 Å². The zero-order chi connectivity index (χ0) is 16.2. The van der Waals surface area contributed by atoms with Gasteiger partial charge in [0, 0.05) is 22.4 Å². The van der Waals surface area contributed by atoms with Crippen molar-refractivity contribution >= 4 is 21.9 Å². The van der Waals surface area contributed by atoms with Crippen LogP contribution in [0.4, 0.5) is 4.39 Å². The van der Waals surface area contributed by atoms with E-state index < -0.39 is 11.8 Å². The average molecular weight is 373 g/mol. The quantitative estimate of drug-likeness (QED) is 0.509. The van der Waals surface area contributed by atoms with Crippen LogP contribution >= 0.6 is 15.9 Å². The van der Waals surface area contributed by atoms with E-state index in [2.05, 4.69) is 25.9 Å². The predicted molar refractivity (Wildman–Crippen MR) is 86.5 cm³/mol. The molecule has 4 nitrogen and oxygen atoms in total. The number of benzene rings is 2. The lowest BCUT2D eigenvalue weighted by Gasteiger charge is -2.06. The van der Waals surface area contributed by atoms with Gasteiger partial charge in [-0.05, 0) is 18.2 Å². The molecule has 0 bridgehead atoms. The number of ether oxygens (including phenoxy) is 1. The topological polar surface area (TPSA) is 52.1 Å². The van der Waals surface area contributed by atoms with Crippen LogP contribution in [-0.2, 0) is 0 Å². The molecule has 0 fully saturated rings. The highest BCUT2D eigenvalue weighted by Crippen LogP contribution is 2.22.